The van der Waals surface area contributed by atoms with Crippen molar-refractivity contribution in [3.05, 3.63) is 0 Å². The second-order valence-corrected chi connectivity index (χ2v) is 5.31. The van der Waals surface area contributed by atoms with E-state index in [9.17, 15) is 14.4 Å². The minimum absolute atomic E-state index is 0. The van der Waals surface area contributed by atoms with Crippen LogP contribution in [0, 0.1) is 5.41 Å². The van der Waals surface area contributed by atoms with E-state index in [1.165, 1.54) is 18.7 Å². The molecule has 2 saturated heterocycles. The van der Waals surface area contributed by atoms with Gasteiger partial charge in [0, 0.05) is 26.2 Å². The molecule has 2 fully saturated rings. The minimum Gasteiger partial charge on any atom is -0.481 e. The van der Waals surface area contributed by atoms with Crippen molar-refractivity contribution in [2.75, 3.05) is 26.2 Å². The molecule has 2 aliphatic rings. The van der Waals surface area contributed by atoms with Gasteiger partial charge in [-0.25, -0.2) is 4.79 Å². The molecule has 0 unspecified atom stereocenters. The molecule has 2 heterocycles. The maximum Gasteiger partial charge on any atom is 0.327 e. The van der Waals surface area contributed by atoms with Crippen molar-refractivity contribution in [3.8, 4) is 0 Å². The van der Waals surface area contributed by atoms with Crippen LogP contribution < -0.4 is 5.32 Å². The average molecular weight is 292 g/mol. The lowest BCUT2D eigenvalue weighted by Crippen LogP contribution is -2.51. The van der Waals surface area contributed by atoms with E-state index in [1.807, 2.05) is 0 Å². The fourth-order valence-electron chi connectivity index (χ4n) is 2.19. The Hall–Kier alpha value is -1.34. The van der Waals surface area contributed by atoms with Gasteiger partial charge in [0.25, 0.3) is 5.91 Å². The van der Waals surface area contributed by atoms with Crippen LogP contribution in [0.25, 0.3) is 0 Å². The molecule has 0 spiro atoms. The number of halogens is 1. The number of fused-ring (bicyclic) bond motifs is 1. The van der Waals surface area contributed by atoms with Crippen LogP contribution in [0.2, 0.25) is 0 Å². The fraction of sp³-hybridized carbons (Fsp3) is 0.727. The van der Waals surface area contributed by atoms with E-state index >= 15 is 0 Å². The summed E-state index contributed by atoms with van der Waals surface area (Å²) in [6, 6.07) is -0.850. The van der Waals surface area contributed by atoms with Crippen LogP contribution in [0.3, 0.4) is 0 Å². The van der Waals surface area contributed by atoms with Crippen LogP contribution in [0.4, 0.5) is 4.79 Å². The molecule has 7 nitrogen and oxygen atoms in total. The van der Waals surface area contributed by atoms with Gasteiger partial charge in [-0.05, 0) is 13.8 Å². The Labute approximate surface area is 117 Å². The van der Waals surface area contributed by atoms with Gasteiger partial charge in [-0.1, -0.05) is 0 Å². The first-order valence-electron chi connectivity index (χ1n) is 5.91. The number of aliphatic carboxylic acids is 1. The summed E-state index contributed by atoms with van der Waals surface area (Å²) in [5, 5.41) is 12.1. The standard InChI is InChI=1S/C11H17N3O4.ClH/c1-11(2,9(16)17)6-14-8(15)7-5-12-3-4-13(7)10(14)18;/h7,12H,3-6H2,1-2H3,(H,16,17);1H/t7-;/m0./s1. The maximum atomic E-state index is 12.1. The first-order chi connectivity index (χ1) is 8.34. The Balaban J connectivity index is 0.00000180. The number of carbonyl (C=O) groups excluding carboxylic acids is 2. The molecule has 1 atom stereocenters. The molecule has 2 rings (SSSR count). The second-order valence-electron chi connectivity index (χ2n) is 5.31. The van der Waals surface area contributed by atoms with Crippen LogP contribution in [-0.2, 0) is 9.59 Å². The molecule has 108 valence electrons. The topological polar surface area (TPSA) is 90.0 Å². The third-order valence-corrected chi connectivity index (χ3v) is 3.40. The van der Waals surface area contributed by atoms with Gasteiger partial charge in [-0.15, -0.1) is 12.4 Å². The normalized spacial score (nSPS) is 23.2. The molecule has 0 aromatic carbocycles. The first kappa shape index (κ1) is 15.7. The lowest BCUT2D eigenvalue weighted by molar-refractivity contribution is -0.148. The number of urea groups is 1. The molecule has 0 aliphatic carbocycles. The largest absolute Gasteiger partial charge is 0.481 e. The quantitative estimate of drug-likeness (QED) is 0.700. The van der Waals surface area contributed by atoms with Gasteiger partial charge >= 0.3 is 12.0 Å². The van der Waals surface area contributed by atoms with E-state index in [-0.39, 0.29) is 30.9 Å². The van der Waals surface area contributed by atoms with Crippen molar-refractivity contribution in [1.29, 1.82) is 0 Å². The van der Waals surface area contributed by atoms with Crippen LogP contribution in [0.1, 0.15) is 13.8 Å². The highest BCUT2D eigenvalue weighted by atomic mass is 35.5. The Morgan fingerprint density at radius 2 is 2.11 bits per heavy atom. The molecule has 0 saturated carbocycles. The lowest BCUT2D eigenvalue weighted by Gasteiger charge is -2.27. The van der Waals surface area contributed by atoms with Crippen LogP contribution in [0.15, 0.2) is 0 Å². The van der Waals surface area contributed by atoms with Gasteiger partial charge in [0.2, 0.25) is 0 Å². The Kier molecular flexibility index (Phi) is 4.42. The van der Waals surface area contributed by atoms with E-state index in [4.69, 9.17) is 5.11 Å². The highest BCUT2D eigenvalue weighted by Crippen LogP contribution is 2.24. The smallest absolute Gasteiger partial charge is 0.327 e. The average Bonchev–Trinajstić information content (AvgIpc) is 2.55. The zero-order chi connectivity index (χ0) is 13.5. The summed E-state index contributed by atoms with van der Waals surface area (Å²) < 4.78 is 0. The number of imide groups is 1. The Bertz CT molecular complexity index is 389. The van der Waals surface area contributed by atoms with Crippen molar-refractivity contribution >= 4 is 30.3 Å². The molecule has 2 N–H and O–H groups in total. The van der Waals surface area contributed by atoms with Crippen molar-refractivity contribution in [3.63, 3.8) is 0 Å². The summed E-state index contributed by atoms with van der Waals surface area (Å²) in [6.45, 7) is 4.50. The third kappa shape index (κ3) is 2.66. The summed E-state index contributed by atoms with van der Waals surface area (Å²) in [5.41, 5.74) is -1.13. The number of carbonyl (C=O) groups is 3. The van der Waals surface area contributed by atoms with Crippen LogP contribution in [-0.4, -0.2) is 65.0 Å². The summed E-state index contributed by atoms with van der Waals surface area (Å²) in [4.78, 5) is 37.8. The SMILES string of the molecule is CC(C)(CN1C(=O)[C@@H]2CNCCN2C1=O)C(=O)O.Cl. The zero-order valence-electron chi connectivity index (χ0n) is 10.9. The van der Waals surface area contributed by atoms with Crippen LogP contribution >= 0.6 is 12.4 Å². The molecule has 19 heavy (non-hydrogen) atoms. The molecule has 0 bridgehead atoms. The van der Waals surface area contributed by atoms with E-state index in [0.717, 1.165) is 4.90 Å². The number of carboxylic acids is 1. The predicted molar refractivity (Wildman–Crippen MR) is 69.1 cm³/mol. The number of nitrogens with one attached hydrogen (secondary N) is 1. The van der Waals surface area contributed by atoms with E-state index < -0.39 is 17.4 Å². The van der Waals surface area contributed by atoms with E-state index in [0.29, 0.717) is 19.6 Å². The number of nitrogens with zero attached hydrogens (tertiary/aromatic N) is 2. The molecule has 2 aliphatic heterocycles. The molecule has 0 aromatic heterocycles. The lowest BCUT2D eigenvalue weighted by atomic mass is 9.93. The molecule has 0 aromatic rings. The van der Waals surface area contributed by atoms with Gasteiger partial charge in [-0.3, -0.25) is 14.5 Å². The van der Waals surface area contributed by atoms with E-state index in [1.54, 1.807) is 0 Å². The second kappa shape index (κ2) is 5.34. The molecular formula is C11H18ClN3O4. The number of hydrogen-bond donors (Lipinski definition) is 2. The predicted octanol–water partition coefficient (Wildman–Crippen LogP) is -0.245. The molecular weight excluding hydrogens is 274 g/mol. The van der Waals surface area contributed by atoms with Crippen molar-refractivity contribution in [2.24, 2.45) is 5.41 Å². The summed E-state index contributed by atoms with van der Waals surface area (Å²) in [6.07, 6.45) is 0. The van der Waals surface area contributed by atoms with Crippen molar-refractivity contribution < 1.29 is 19.5 Å². The van der Waals surface area contributed by atoms with Crippen molar-refractivity contribution in [1.82, 2.24) is 15.1 Å². The maximum absolute atomic E-state index is 12.1. The van der Waals surface area contributed by atoms with Crippen molar-refractivity contribution in [2.45, 2.75) is 19.9 Å². The summed E-state index contributed by atoms with van der Waals surface area (Å²) >= 11 is 0. The van der Waals surface area contributed by atoms with Gasteiger partial charge < -0.3 is 15.3 Å². The monoisotopic (exact) mass is 291 g/mol. The number of rotatable bonds is 3. The fourth-order valence-corrected chi connectivity index (χ4v) is 2.19. The van der Waals surface area contributed by atoms with Gasteiger partial charge in [0.15, 0.2) is 0 Å². The number of amides is 3. The van der Waals surface area contributed by atoms with Crippen LogP contribution in [0.5, 0.6) is 0 Å². The van der Waals surface area contributed by atoms with Gasteiger partial charge in [-0.2, -0.15) is 0 Å². The number of hydrogen-bond acceptors (Lipinski definition) is 4. The van der Waals surface area contributed by atoms with Gasteiger partial charge in [0.05, 0.1) is 5.41 Å². The Morgan fingerprint density at radius 3 is 2.63 bits per heavy atom. The molecule has 0 radical (unpaired) electrons. The van der Waals surface area contributed by atoms with E-state index in [2.05, 4.69) is 5.32 Å². The molecule has 3 amide bonds. The highest BCUT2D eigenvalue weighted by Gasteiger charge is 2.48. The number of piperazine rings is 1. The highest BCUT2D eigenvalue weighted by molar-refractivity contribution is 6.04. The zero-order valence-corrected chi connectivity index (χ0v) is 11.7. The Morgan fingerprint density at radius 1 is 1.47 bits per heavy atom. The summed E-state index contributed by atoms with van der Waals surface area (Å²) in [5.74, 6) is -1.33. The summed E-state index contributed by atoms with van der Waals surface area (Å²) in [7, 11) is 0. The number of carboxylic acid groups (broad SMARTS) is 1. The first-order valence-corrected chi connectivity index (χ1v) is 5.91. The minimum atomic E-state index is -1.13. The van der Waals surface area contributed by atoms with Gasteiger partial charge in [0.1, 0.15) is 6.04 Å². The third-order valence-electron chi connectivity index (χ3n) is 3.40. The molecule has 8 heteroatoms.